The lowest BCUT2D eigenvalue weighted by atomic mass is 9.98. The normalized spacial score (nSPS) is 10.4. The van der Waals surface area contributed by atoms with Crippen LogP contribution in [0.3, 0.4) is 0 Å². The second kappa shape index (κ2) is 8.95. The van der Waals surface area contributed by atoms with Gasteiger partial charge < -0.3 is 19.9 Å². The largest absolute Gasteiger partial charge is 0.497 e. The highest BCUT2D eigenvalue weighted by Crippen LogP contribution is 2.27. The van der Waals surface area contributed by atoms with Gasteiger partial charge in [0.25, 0.3) is 0 Å². The molecule has 0 bridgehead atoms. The van der Waals surface area contributed by atoms with Crippen LogP contribution < -0.4 is 14.8 Å². The summed E-state index contributed by atoms with van der Waals surface area (Å²) in [5, 5.41) is 12.0. The van der Waals surface area contributed by atoms with E-state index in [1.807, 2.05) is 24.3 Å². The van der Waals surface area contributed by atoms with E-state index in [-0.39, 0.29) is 6.61 Å². The molecule has 0 aliphatic rings. The predicted octanol–water partition coefficient (Wildman–Crippen LogP) is 4.75. The lowest BCUT2D eigenvalue weighted by Gasteiger charge is -2.11. The van der Waals surface area contributed by atoms with E-state index < -0.39 is 5.97 Å². The molecule has 0 unspecified atom stereocenters. The average Bonchev–Trinajstić information content (AvgIpc) is 2.71. The van der Waals surface area contributed by atoms with Crippen LogP contribution in [0.4, 0.5) is 5.69 Å². The summed E-state index contributed by atoms with van der Waals surface area (Å²) in [6.07, 6.45) is 0. The van der Waals surface area contributed by atoms with Gasteiger partial charge in [-0.15, -0.1) is 0 Å². The van der Waals surface area contributed by atoms with Gasteiger partial charge in [-0.1, -0.05) is 24.3 Å². The highest BCUT2D eigenvalue weighted by molar-refractivity contribution is 5.69. The van der Waals surface area contributed by atoms with Gasteiger partial charge in [-0.25, -0.2) is 4.79 Å². The summed E-state index contributed by atoms with van der Waals surface area (Å²) >= 11 is 0. The lowest BCUT2D eigenvalue weighted by molar-refractivity contribution is -0.139. The van der Waals surface area contributed by atoms with Crippen LogP contribution >= 0.6 is 0 Å². The zero-order valence-electron chi connectivity index (χ0n) is 15.9. The Balaban J connectivity index is 1.66. The highest BCUT2D eigenvalue weighted by Gasteiger charge is 2.05. The van der Waals surface area contributed by atoms with Gasteiger partial charge in [-0.2, -0.15) is 0 Å². The summed E-state index contributed by atoms with van der Waals surface area (Å²) in [6, 6.07) is 21.7. The standard InChI is InChI=1S/C23H23NO4/c1-16-12-21(27-2)10-11-22(16)18-5-3-4-17(13-18)14-24-19-6-8-20(9-7-19)28-15-23(25)26/h3-13,24H,14-15H2,1-2H3,(H,25,26). The summed E-state index contributed by atoms with van der Waals surface area (Å²) < 4.78 is 10.4. The molecule has 28 heavy (non-hydrogen) atoms. The number of rotatable bonds is 8. The van der Waals surface area contributed by atoms with Crippen LogP contribution in [-0.4, -0.2) is 24.8 Å². The summed E-state index contributed by atoms with van der Waals surface area (Å²) in [7, 11) is 1.67. The molecule has 0 aliphatic heterocycles. The molecule has 3 aromatic carbocycles. The van der Waals surface area contributed by atoms with Crippen LogP contribution in [0.2, 0.25) is 0 Å². The number of benzene rings is 3. The molecule has 2 N–H and O–H groups in total. The Hall–Kier alpha value is -3.47. The van der Waals surface area contributed by atoms with Crippen LogP contribution in [-0.2, 0) is 11.3 Å². The average molecular weight is 377 g/mol. The number of ether oxygens (including phenoxy) is 2. The van der Waals surface area contributed by atoms with Gasteiger partial charge in [0.1, 0.15) is 11.5 Å². The molecule has 5 heteroatoms. The third-order valence-corrected chi connectivity index (χ3v) is 4.38. The van der Waals surface area contributed by atoms with Crippen molar-refractivity contribution in [3.8, 4) is 22.6 Å². The number of anilines is 1. The Labute approximate surface area is 164 Å². The van der Waals surface area contributed by atoms with E-state index in [2.05, 4.69) is 42.6 Å². The number of aryl methyl sites for hydroxylation is 1. The summed E-state index contributed by atoms with van der Waals surface area (Å²) in [5.74, 6) is 0.397. The molecule has 3 aromatic rings. The van der Waals surface area contributed by atoms with E-state index in [1.165, 1.54) is 16.7 Å². The van der Waals surface area contributed by atoms with Crippen LogP contribution in [0.1, 0.15) is 11.1 Å². The first kappa shape index (κ1) is 19.3. The minimum absolute atomic E-state index is 0.343. The molecule has 0 saturated carbocycles. The molecule has 0 radical (unpaired) electrons. The van der Waals surface area contributed by atoms with Crippen molar-refractivity contribution in [1.82, 2.24) is 0 Å². The second-order valence-corrected chi connectivity index (χ2v) is 6.44. The van der Waals surface area contributed by atoms with E-state index in [0.29, 0.717) is 12.3 Å². The highest BCUT2D eigenvalue weighted by atomic mass is 16.5. The molecule has 0 saturated heterocycles. The van der Waals surface area contributed by atoms with Crippen molar-refractivity contribution in [2.45, 2.75) is 13.5 Å². The molecule has 0 fully saturated rings. The molecule has 5 nitrogen and oxygen atoms in total. The maximum absolute atomic E-state index is 10.5. The van der Waals surface area contributed by atoms with E-state index in [9.17, 15) is 4.79 Å². The Morgan fingerprint density at radius 2 is 1.75 bits per heavy atom. The molecule has 0 spiro atoms. The van der Waals surface area contributed by atoms with Gasteiger partial charge in [0.05, 0.1) is 7.11 Å². The second-order valence-electron chi connectivity index (χ2n) is 6.44. The number of carbonyl (C=O) groups is 1. The van der Waals surface area contributed by atoms with E-state index in [0.717, 1.165) is 17.0 Å². The maximum Gasteiger partial charge on any atom is 0.341 e. The van der Waals surface area contributed by atoms with Crippen LogP contribution in [0.5, 0.6) is 11.5 Å². The Morgan fingerprint density at radius 3 is 2.43 bits per heavy atom. The first-order valence-corrected chi connectivity index (χ1v) is 8.97. The number of carboxylic acid groups (broad SMARTS) is 1. The smallest absolute Gasteiger partial charge is 0.341 e. The van der Waals surface area contributed by atoms with Crippen molar-refractivity contribution in [2.75, 3.05) is 19.0 Å². The van der Waals surface area contributed by atoms with Gasteiger partial charge in [0.2, 0.25) is 0 Å². The molecule has 0 heterocycles. The molecule has 3 rings (SSSR count). The summed E-state index contributed by atoms with van der Waals surface area (Å²) in [5.41, 5.74) is 5.62. The maximum atomic E-state index is 10.5. The van der Waals surface area contributed by atoms with Gasteiger partial charge in [-0.3, -0.25) is 0 Å². The van der Waals surface area contributed by atoms with Crippen molar-refractivity contribution >= 4 is 11.7 Å². The fraction of sp³-hybridized carbons (Fsp3) is 0.174. The molecule has 0 aromatic heterocycles. The monoisotopic (exact) mass is 377 g/mol. The fourth-order valence-electron chi connectivity index (χ4n) is 2.95. The van der Waals surface area contributed by atoms with Gasteiger partial charge in [0, 0.05) is 12.2 Å². The number of nitrogens with one attached hydrogen (secondary N) is 1. The Kier molecular flexibility index (Phi) is 6.17. The molecule has 144 valence electrons. The van der Waals surface area contributed by atoms with Crippen molar-refractivity contribution < 1.29 is 19.4 Å². The van der Waals surface area contributed by atoms with Crippen LogP contribution in [0.25, 0.3) is 11.1 Å². The summed E-state index contributed by atoms with van der Waals surface area (Å²) in [6.45, 7) is 2.42. The minimum atomic E-state index is -0.991. The van der Waals surface area contributed by atoms with Gasteiger partial charge >= 0.3 is 5.97 Å². The molecule has 0 aliphatic carbocycles. The number of carboxylic acids is 1. The third kappa shape index (κ3) is 5.04. The van der Waals surface area contributed by atoms with Crippen molar-refractivity contribution in [3.63, 3.8) is 0 Å². The van der Waals surface area contributed by atoms with Gasteiger partial charge in [-0.05, 0) is 71.6 Å². The van der Waals surface area contributed by atoms with Crippen molar-refractivity contribution in [2.24, 2.45) is 0 Å². The zero-order chi connectivity index (χ0) is 19.9. The molecular weight excluding hydrogens is 354 g/mol. The predicted molar refractivity (Wildman–Crippen MR) is 110 cm³/mol. The molecule has 0 atom stereocenters. The minimum Gasteiger partial charge on any atom is -0.497 e. The summed E-state index contributed by atoms with van der Waals surface area (Å²) in [4.78, 5) is 10.5. The Bertz CT molecular complexity index is 951. The number of methoxy groups -OCH3 is 1. The first-order chi connectivity index (χ1) is 13.5. The third-order valence-electron chi connectivity index (χ3n) is 4.38. The number of aliphatic carboxylic acids is 1. The van der Waals surface area contributed by atoms with Crippen molar-refractivity contribution in [3.05, 3.63) is 77.9 Å². The zero-order valence-corrected chi connectivity index (χ0v) is 15.9. The quantitative estimate of drug-likeness (QED) is 0.593. The SMILES string of the molecule is COc1ccc(-c2cccc(CNc3ccc(OCC(=O)O)cc3)c2)c(C)c1. The Morgan fingerprint density at radius 1 is 1.00 bits per heavy atom. The van der Waals surface area contributed by atoms with Crippen LogP contribution in [0.15, 0.2) is 66.7 Å². The lowest BCUT2D eigenvalue weighted by Crippen LogP contribution is -2.09. The first-order valence-electron chi connectivity index (χ1n) is 8.97. The van der Waals surface area contributed by atoms with Crippen molar-refractivity contribution in [1.29, 1.82) is 0 Å². The van der Waals surface area contributed by atoms with E-state index in [4.69, 9.17) is 14.6 Å². The number of hydrogen-bond donors (Lipinski definition) is 2. The molecule has 0 amide bonds. The molecular formula is C23H23NO4. The topological polar surface area (TPSA) is 67.8 Å². The van der Waals surface area contributed by atoms with Crippen LogP contribution in [0, 0.1) is 6.92 Å². The van der Waals surface area contributed by atoms with E-state index >= 15 is 0 Å². The fourth-order valence-corrected chi connectivity index (χ4v) is 2.95. The van der Waals surface area contributed by atoms with E-state index in [1.54, 1.807) is 19.2 Å². The number of hydrogen-bond acceptors (Lipinski definition) is 4. The van der Waals surface area contributed by atoms with Gasteiger partial charge in [0.15, 0.2) is 6.61 Å².